The predicted octanol–water partition coefficient (Wildman–Crippen LogP) is 1.76. The van der Waals surface area contributed by atoms with Gasteiger partial charge in [-0.05, 0) is 31.5 Å². The topological polar surface area (TPSA) is 122 Å². The van der Waals surface area contributed by atoms with E-state index in [1.54, 1.807) is 0 Å². The van der Waals surface area contributed by atoms with Crippen LogP contribution in [0.1, 0.15) is 23.7 Å². The van der Waals surface area contributed by atoms with Gasteiger partial charge in [-0.15, -0.1) is 0 Å². The standard InChI is InChI=1S/C16H19F2N3O5/c1-16(14(23)24)4-5-21(8-16)15(25)20-10-6-9(13(19)22)2-3-11(10)26-7-12(17)18/h2-3,6,12H,4-5,7-8H2,1H3,(H2,19,22)(H,20,25)(H,23,24). The van der Waals surface area contributed by atoms with E-state index in [9.17, 15) is 28.3 Å². The van der Waals surface area contributed by atoms with Crippen LogP contribution in [0.2, 0.25) is 0 Å². The highest BCUT2D eigenvalue weighted by molar-refractivity contribution is 5.97. The Balaban J connectivity index is 2.18. The summed E-state index contributed by atoms with van der Waals surface area (Å²) in [6, 6.07) is 3.13. The molecular weight excluding hydrogens is 352 g/mol. The summed E-state index contributed by atoms with van der Waals surface area (Å²) in [6.45, 7) is 0.862. The summed E-state index contributed by atoms with van der Waals surface area (Å²) >= 11 is 0. The van der Waals surface area contributed by atoms with E-state index in [-0.39, 0.29) is 36.5 Å². The van der Waals surface area contributed by atoms with Gasteiger partial charge < -0.3 is 25.8 Å². The summed E-state index contributed by atoms with van der Waals surface area (Å²) in [4.78, 5) is 36.3. The van der Waals surface area contributed by atoms with Crippen LogP contribution in [0.15, 0.2) is 18.2 Å². The van der Waals surface area contributed by atoms with Crippen LogP contribution >= 0.6 is 0 Å². The molecule has 1 unspecified atom stereocenters. The highest BCUT2D eigenvalue weighted by Crippen LogP contribution is 2.32. The second-order valence-electron chi connectivity index (χ2n) is 6.24. The third-order valence-electron chi connectivity index (χ3n) is 4.15. The van der Waals surface area contributed by atoms with Crippen molar-refractivity contribution in [1.82, 2.24) is 4.90 Å². The highest BCUT2D eigenvalue weighted by Gasteiger charge is 2.42. The number of carboxylic acid groups (broad SMARTS) is 1. The second kappa shape index (κ2) is 7.54. The normalized spacial score (nSPS) is 19.5. The largest absolute Gasteiger partial charge is 0.485 e. The van der Waals surface area contributed by atoms with Gasteiger partial charge in [0.2, 0.25) is 5.91 Å². The number of alkyl halides is 2. The minimum atomic E-state index is -2.72. The summed E-state index contributed by atoms with van der Waals surface area (Å²) in [6.07, 6.45) is -2.43. The van der Waals surface area contributed by atoms with Crippen molar-refractivity contribution < 1.29 is 33.0 Å². The van der Waals surface area contributed by atoms with E-state index in [1.165, 1.54) is 30.0 Å². The molecule has 0 radical (unpaired) electrons. The molecule has 0 saturated carbocycles. The van der Waals surface area contributed by atoms with Gasteiger partial charge in [0.15, 0.2) is 0 Å². The van der Waals surface area contributed by atoms with Gasteiger partial charge in [0.05, 0.1) is 11.1 Å². The van der Waals surface area contributed by atoms with E-state index in [0.29, 0.717) is 0 Å². The zero-order chi connectivity index (χ0) is 19.5. The first kappa shape index (κ1) is 19.4. The number of hydrogen-bond donors (Lipinski definition) is 3. The average Bonchev–Trinajstić information content (AvgIpc) is 2.97. The van der Waals surface area contributed by atoms with E-state index >= 15 is 0 Å². The number of primary amides is 1. The molecule has 4 N–H and O–H groups in total. The first-order valence-corrected chi connectivity index (χ1v) is 7.76. The van der Waals surface area contributed by atoms with Gasteiger partial charge in [-0.1, -0.05) is 0 Å². The number of hydrogen-bond acceptors (Lipinski definition) is 4. The molecule has 0 spiro atoms. The van der Waals surface area contributed by atoms with Gasteiger partial charge >= 0.3 is 12.0 Å². The third kappa shape index (κ3) is 4.38. The molecule has 1 aromatic carbocycles. The van der Waals surface area contributed by atoms with Crippen LogP contribution in [-0.4, -0.2) is 54.0 Å². The Bertz CT molecular complexity index is 728. The Morgan fingerprint density at radius 2 is 2.12 bits per heavy atom. The van der Waals surface area contributed by atoms with Crippen molar-refractivity contribution in [2.75, 3.05) is 25.0 Å². The fourth-order valence-corrected chi connectivity index (χ4v) is 2.56. The number of nitrogens with two attached hydrogens (primary N) is 1. The monoisotopic (exact) mass is 371 g/mol. The lowest BCUT2D eigenvalue weighted by molar-refractivity contribution is -0.146. The molecule has 2 rings (SSSR count). The highest BCUT2D eigenvalue weighted by atomic mass is 19.3. The molecule has 0 aromatic heterocycles. The number of benzene rings is 1. The van der Waals surface area contributed by atoms with Crippen LogP contribution in [0.5, 0.6) is 5.75 Å². The average molecular weight is 371 g/mol. The summed E-state index contributed by atoms with van der Waals surface area (Å²) in [5, 5.41) is 11.7. The second-order valence-corrected chi connectivity index (χ2v) is 6.24. The van der Waals surface area contributed by atoms with Crippen LogP contribution < -0.4 is 15.8 Å². The molecule has 1 fully saturated rings. The third-order valence-corrected chi connectivity index (χ3v) is 4.15. The number of amides is 3. The summed E-state index contributed by atoms with van der Waals surface area (Å²) < 4.78 is 29.7. The minimum Gasteiger partial charge on any atom is -0.485 e. The first-order chi connectivity index (χ1) is 12.1. The zero-order valence-electron chi connectivity index (χ0n) is 14.0. The van der Waals surface area contributed by atoms with E-state index in [1.807, 2.05) is 0 Å². The van der Waals surface area contributed by atoms with Crippen molar-refractivity contribution in [3.63, 3.8) is 0 Å². The molecule has 1 saturated heterocycles. The van der Waals surface area contributed by atoms with Crippen molar-refractivity contribution in [3.05, 3.63) is 23.8 Å². The van der Waals surface area contributed by atoms with Gasteiger partial charge in [-0.2, -0.15) is 0 Å². The smallest absolute Gasteiger partial charge is 0.321 e. The number of likely N-dealkylation sites (tertiary alicyclic amines) is 1. The Kier molecular flexibility index (Phi) is 5.63. The van der Waals surface area contributed by atoms with Gasteiger partial charge in [0.25, 0.3) is 6.43 Å². The number of carboxylic acids is 1. The number of carbonyl (C=O) groups is 3. The maximum Gasteiger partial charge on any atom is 0.321 e. The van der Waals surface area contributed by atoms with Gasteiger partial charge in [0, 0.05) is 18.7 Å². The molecule has 1 atom stereocenters. The van der Waals surface area contributed by atoms with Crippen LogP contribution in [0.25, 0.3) is 0 Å². The number of rotatable bonds is 6. The summed E-state index contributed by atoms with van der Waals surface area (Å²) in [7, 11) is 0. The molecule has 1 aliphatic rings. The van der Waals surface area contributed by atoms with Crippen LogP contribution in [0, 0.1) is 5.41 Å². The lowest BCUT2D eigenvalue weighted by Gasteiger charge is -2.21. The molecule has 10 heteroatoms. The van der Waals surface area contributed by atoms with Crippen LogP contribution in [-0.2, 0) is 4.79 Å². The van der Waals surface area contributed by atoms with E-state index in [0.717, 1.165) is 0 Å². The SMILES string of the molecule is CC1(C(=O)O)CCN(C(=O)Nc2cc(C(N)=O)ccc2OCC(F)F)C1. The zero-order valence-corrected chi connectivity index (χ0v) is 14.0. The van der Waals surface area contributed by atoms with Crippen molar-refractivity contribution in [2.45, 2.75) is 19.8 Å². The molecule has 1 heterocycles. The molecular formula is C16H19F2N3O5. The number of anilines is 1. The molecule has 0 bridgehead atoms. The lowest BCUT2D eigenvalue weighted by Crippen LogP contribution is -2.37. The molecule has 8 nitrogen and oxygen atoms in total. The molecule has 3 amide bonds. The minimum absolute atomic E-state index is 0.00307. The fourth-order valence-electron chi connectivity index (χ4n) is 2.56. The molecule has 26 heavy (non-hydrogen) atoms. The summed E-state index contributed by atoms with van der Waals surface area (Å²) in [5.41, 5.74) is 4.19. The maximum atomic E-state index is 12.4. The van der Waals surface area contributed by atoms with Gasteiger partial charge in [-0.25, -0.2) is 13.6 Å². The first-order valence-electron chi connectivity index (χ1n) is 7.76. The maximum absolute atomic E-state index is 12.4. The quantitative estimate of drug-likeness (QED) is 0.703. The number of nitrogens with one attached hydrogen (secondary N) is 1. The van der Waals surface area contributed by atoms with E-state index in [2.05, 4.69) is 5.32 Å². The number of urea groups is 1. The van der Waals surface area contributed by atoms with Gasteiger partial charge in [-0.3, -0.25) is 9.59 Å². The Labute approximate surface area is 147 Å². The lowest BCUT2D eigenvalue weighted by atomic mass is 9.90. The van der Waals surface area contributed by atoms with Crippen molar-refractivity contribution in [3.8, 4) is 5.75 Å². The fraction of sp³-hybridized carbons (Fsp3) is 0.438. The molecule has 1 aliphatic heterocycles. The van der Waals surface area contributed by atoms with E-state index < -0.39 is 36.4 Å². The van der Waals surface area contributed by atoms with Crippen LogP contribution in [0.3, 0.4) is 0 Å². The molecule has 1 aromatic rings. The van der Waals surface area contributed by atoms with Crippen molar-refractivity contribution >= 4 is 23.6 Å². The Hall–Kier alpha value is -2.91. The van der Waals surface area contributed by atoms with E-state index in [4.69, 9.17) is 10.5 Å². The number of nitrogens with zero attached hydrogens (tertiary/aromatic N) is 1. The predicted molar refractivity (Wildman–Crippen MR) is 87.4 cm³/mol. The molecule has 142 valence electrons. The number of aliphatic carboxylic acids is 1. The van der Waals surface area contributed by atoms with Crippen molar-refractivity contribution in [2.24, 2.45) is 11.1 Å². The Morgan fingerprint density at radius 3 is 2.65 bits per heavy atom. The molecule has 0 aliphatic carbocycles. The number of carbonyl (C=O) groups excluding carboxylic acids is 2. The van der Waals surface area contributed by atoms with Crippen molar-refractivity contribution in [1.29, 1.82) is 0 Å². The van der Waals surface area contributed by atoms with Gasteiger partial charge in [0.1, 0.15) is 12.4 Å². The summed E-state index contributed by atoms with van der Waals surface area (Å²) in [5.74, 6) is -1.83. The Morgan fingerprint density at radius 1 is 1.42 bits per heavy atom. The van der Waals surface area contributed by atoms with Crippen LogP contribution in [0.4, 0.5) is 19.3 Å². The number of ether oxygens (including phenoxy) is 1. The number of halogens is 2.